The molecule has 9 heteroatoms. The van der Waals surface area contributed by atoms with Crippen molar-refractivity contribution in [3.8, 4) is 5.82 Å². The van der Waals surface area contributed by atoms with Crippen molar-refractivity contribution in [3.05, 3.63) is 42.0 Å². The molecule has 25 heavy (non-hydrogen) atoms. The number of hydrogen-bond acceptors (Lipinski definition) is 4. The lowest BCUT2D eigenvalue weighted by Gasteiger charge is -2.07. The van der Waals surface area contributed by atoms with Crippen LogP contribution in [0.1, 0.15) is 23.0 Å². The number of aromatic amines is 1. The van der Waals surface area contributed by atoms with Gasteiger partial charge in [-0.25, -0.2) is 4.68 Å². The average Bonchev–Trinajstić information content (AvgIpc) is 3.34. The van der Waals surface area contributed by atoms with E-state index in [1.807, 2.05) is 43.1 Å². The van der Waals surface area contributed by atoms with Gasteiger partial charge in [0.2, 0.25) is 0 Å². The van der Waals surface area contributed by atoms with Crippen LogP contribution < -0.4 is 5.32 Å². The summed E-state index contributed by atoms with van der Waals surface area (Å²) in [5.74, 6) is 0.987. The van der Waals surface area contributed by atoms with Gasteiger partial charge in [-0.05, 0) is 18.6 Å². The number of fused-ring (bicyclic) bond motifs is 1. The number of nitrogens with zero attached hydrogens (tertiary/aromatic N) is 6. The van der Waals surface area contributed by atoms with Crippen LogP contribution in [-0.2, 0) is 20.5 Å². The van der Waals surface area contributed by atoms with Crippen LogP contribution in [0.4, 0.5) is 5.82 Å². The second kappa shape index (κ2) is 5.62. The van der Waals surface area contributed by atoms with E-state index in [1.165, 1.54) is 0 Å². The number of hydrogen-bond donors (Lipinski definition) is 2. The summed E-state index contributed by atoms with van der Waals surface area (Å²) in [6.07, 6.45) is 6.06. The van der Waals surface area contributed by atoms with Gasteiger partial charge in [-0.1, -0.05) is 6.92 Å². The lowest BCUT2D eigenvalue weighted by atomic mass is 10.2. The summed E-state index contributed by atoms with van der Waals surface area (Å²) in [6, 6.07) is 3.80. The molecule has 4 rings (SSSR count). The van der Waals surface area contributed by atoms with E-state index in [9.17, 15) is 4.79 Å². The highest BCUT2D eigenvalue weighted by molar-refractivity contribution is 6.09. The van der Waals surface area contributed by atoms with Gasteiger partial charge in [0.1, 0.15) is 17.2 Å². The van der Waals surface area contributed by atoms with Gasteiger partial charge in [-0.3, -0.25) is 14.6 Å². The molecule has 4 aromatic heterocycles. The van der Waals surface area contributed by atoms with Crippen LogP contribution in [0.2, 0.25) is 0 Å². The van der Waals surface area contributed by atoms with E-state index in [4.69, 9.17) is 0 Å². The normalized spacial score (nSPS) is 11.3. The number of carbonyl (C=O) groups excluding carboxylic acids is 1. The number of rotatable bonds is 4. The molecule has 0 aliphatic carbocycles. The Balaban J connectivity index is 1.73. The quantitative estimate of drug-likeness (QED) is 0.591. The summed E-state index contributed by atoms with van der Waals surface area (Å²) < 4.78 is 5.22. The zero-order valence-electron chi connectivity index (χ0n) is 14.2. The minimum absolute atomic E-state index is 0.256. The molecular weight excluding hydrogens is 320 g/mol. The second-order valence-corrected chi connectivity index (χ2v) is 5.77. The summed E-state index contributed by atoms with van der Waals surface area (Å²) in [4.78, 5) is 12.8. The van der Waals surface area contributed by atoms with Gasteiger partial charge in [0.15, 0.2) is 5.65 Å². The topological polar surface area (TPSA) is 98.3 Å². The van der Waals surface area contributed by atoms with Gasteiger partial charge in [-0.2, -0.15) is 15.3 Å². The first-order valence-electron chi connectivity index (χ1n) is 7.96. The Morgan fingerprint density at radius 1 is 1.24 bits per heavy atom. The van der Waals surface area contributed by atoms with Crippen molar-refractivity contribution in [2.24, 2.45) is 14.1 Å². The van der Waals surface area contributed by atoms with Crippen molar-refractivity contribution in [1.82, 2.24) is 34.3 Å². The highest BCUT2D eigenvalue weighted by Gasteiger charge is 2.21. The Bertz CT molecular complexity index is 1050. The van der Waals surface area contributed by atoms with Crippen molar-refractivity contribution in [2.45, 2.75) is 13.3 Å². The molecule has 0 atom stereocenters. The van der Waals surface area contributed by atoms with Gasteiger partial charge < -0.3 is 9.88 Å². The highest BCUT2D eigenvalue weighted by atomic mass is 16.1. The van der Waals surface area contributed by atoms with Crippen LogP contribution in [0.15, 0.2) is 30.7 Å². The maximum absolute atomic E-state index is 12.8. The minimum atomic E-state index is -0.256. The van der Waals surface area contributed by atoms with Gasteiger partial charge in [0.25, 0.3) is 5.91 Å². The lowest BCUT2D eigenvalue weighted by molar-refractivity contribution is 0.102. The molecule has 0 aliphatic heterocycles. The number of amides is 1. The van der Waals surface area contributed by atoms with E-state index in [0.717, 1.165) is 17.5 Å². The molecule has 0 saturated heterocycles. The molecule has 0 radical (unpaired) electrons. The largest absolute Gasteiger partial charge is 0.308 e. The van der Waals surface area contributed by atoms with Crippen LogP contribution >= 0.6 is 0 Å². The Morgan fingerprint density at radius 2 is 2.00 bits per heavy atom. The SMILES string of the molecule is CCc1nn(C)c2n[nH]c(NC(=O)c3cnn(C)c3-n3cccc3)c12. The number of anilines is 1. The van der Waals surface area contributed by atoms with E-state index in [2.05, 4.69) is 25.7 Å². The molecule has 0 bridgehead atoms. The Labute approximate surface area is 143 Å². The average molecular weight is 338 g/mol. The molecule has 0 aliphatic rings. The molecule has 0 unspecified atom stereocenters. The van der Waals surface area contributed by atoms with E-state index in [-0.39, 0.29) is 5.91 Å². The third kappa shape index (κ3) is 2.32. The standard InChI is InChI=1S/C16H18N8O/c1-4-11-12-13(19-20-14(12)22(2)21-11)18-15(25)10-9-17-23(3)16(10)24-7-5-6-8-24/h5-9H,4H2,1-3H3,(H2,18,19,20,25). The molecular formula is C16H18N8O. The zero-order chi connectivity index (χ0) is 17.6. The van der Waals surface area contributed by atoms with Crippen molar-refractivity contribution in [1.29, 1.82) is 0 Å². The van der Waals surface area contributed by atoms with Crippen LogP contribution in [0.25, 0.3) is 16.9 Å². The summed E-state index contributed by atoms with van der Waals surface area (Å²) in [5, 5.41) is 19.5. The Kier molecular flexibility index (Phi) is 3.41. The van der Waals surface area contributed by atoms with Crippen LogP contribution in [0, 0.1) is 0 Å². The Hall–Kier alpha value is -3.36. The molecule has 1 amide bonds. The number of H-pyrrole nitrogens is 1. The molecule has 4 heterocycles. The predicted octanol–water partition coefficient (Wildman–Crippen LogP) is 1.64. The highest BCUT2D eigenvalue weighted by Crippen LogP contribution is 2.25. The van der Waals surface area contributed by atoms with Crippen molar-refractivity contribution >= 4 is 22.8 Å². The summed E-state index contributed by atoms with van der Waals surface area (Å²) in [7, 11) is 3.63. The number of carbonyl (C=O) groups is 1. The van der Waals surface area contributed by atoms with Crippen LogP contribution in [0.3, 0.4) is 0 Å². The molecule has 0 aromatic carbocycles. The third-order valence-corrected chi connectivity index (χ3v) is 4.19. The zero-order valence-corrected chi connectivity index (χ0v) is 14.2. The summed E-state index contributed by atoms with van der Waals surface area (Å²) in [6.45, 7) is 2.02. The lowest BCUT2D eigenvalue weighted by Crippen LogP contribution is -2.15. The van der Waals surface area contributed by atoms with E-state index >= 15 is 0 Å². The van der Waals surface area contributed by atoms with Crippen molar-refractivity contribution < 1.29 is 4.79 Å². The predicted molar refractivity (Wildman–Crippen MR) is 92.7 cm³/mol. The van der Waals surface area contributed by atoms with Gasteiger partial charge in [0, 0.05) is 26.5 Å². The molecule has 0 spiro atoms. The second-order valence-electron chi connectivity index (χ2n) is 5.77. The molecule has 2 N–H and O–H groups in total. The Morgan fingerprint density at radius 3 is 2.72 bits per heavy atom. The fourth-order valence-electron chi connectivity index (χ4n) is 3.01. The maximum Gasteiger partial charge on any atom is 0.262 e. The first-order valence-corrected chi connectivity index (χ1v) is 7.96. The van der Waals surface area contributed by atoms with E-state index < -0.39 is 0 Å². The number of nitrogens with one attached hydrogen (secondary N) is 2. The smallest absolute Gasteiger partial charge is 0.262 e. The number of aromatic nitrogens is 7. The molecule has 4 aromatic rings. The molecule has 9 nitrogen and oxygen atoms in total. The fraction of sp³-hybridized carbons (Fsp3) is 0.250. The first-order chi connectivity index (χ1) is 12.1. The monoisotopic (exact) mass is 338 g/mol. The van der Waals surface area contributed by atoms with E-state index in [1.54, 1.807) is 22.6 Å². The molecule has 0 saturated carbocycles. The first kappa shape index (κ1) is 15.2. The van der Waals surface area contributed by atoms with Gasteiger partial charge in [-0.15, -0.1) is 0 Å². The molecule has 128 valence electrons. The minimum Gasteiger partial charge on any atom is -0.308 e. The van der Waals surface area contributed by atoms with Crippen LogP contribution in [-0.4, -0.2) is 40.2 Å². The third-order valence-electron chi connectivity index (χ3n) is 4.19. The van der Waals surface area contributed by atoms with Gasteiger partial charge >= 0.3 is 0 Å². The summed E-state index contributed by atoms with van der Waals surface area (Å²) >= 11 is 0. The van der Waals surface area contributed by atoms with Crippen molar-refractivity contribution in [3.63, 3.8) is 0 Å². The fourth-order valence-corrected chi connectivity index (χ4v) is 3.01. The number of aryl methyl sites for hydroxylation is 3. The summed E-state index contributed by atoms with van der Waals surface area (Å²) in [5.41, 5.74) is 2.07. The van der Waals surface area contributed by atoms with Crippen LogP contribution in [0.5, 0.6) is 0 Å². The maximum atomic E-state index is 12.8. The van der Waals surface area contributed by atoms with Crippen molar-refractivity contribution in [2.75, 3.05) is 5.32 Å². The molecule has 0 fully saturated rings. The van der Waals surface area contributed by atoms with Gasteiger partial charge in [0.05, 0.1) is 17.3 Å². The van der Waals surface area contributed by atoms with E-state index in [0.29, 0.717) is 22.8 Å².